The molecular formula is C92H56N8S2. The standard InChI is InChI=1S/2C46H28N4S/c1-4-14-29(15-5-1)38-27-45(48-46(47-38)30-16-6-2-7-17-30)50-39-22-12-10-20-32(39)35-25-40-36(26-41(35)50)34-24-37-33-21-11-13-23-43(33)51-44(37)28-42(34)49(40)31-18-8-3-9-19-31;1-4-14-29(15-5-1)38-28-43(48-46(47-38)30-16-6-2-7-17-30)50-39-22-12-10-20-32(39)36-26-40-37(27-41(36)50)34-24-25-35-33-21-11-13-23-42(33)51-45(35)44(34)49(40)31-18-8-3-9-19-31/h2*1-28H. The molecule has 22 rings (SSSR count). The highest BCUT2D eigenvalue weighted by Crippen LogP contribution is 2.48. The summed E-state index contributed by atoms with van der Waals surface area (Å²) in [4.78, 5) is 20.7. The van der Waals surface area contributed by atoms with Crippen molar-refractivity contribution in [3.63, 3.8) is 0 Å². The Morgan fingerprint density at radius 2 is 0.569 bits per heavy atom. The Kier molecular flexibility index (Phi) is 13.2. The second kappa shape index (κ2) is 23.3. The zero-order chi connectivity index (χ0) is 66.9. The molecule has 0 aliphatic carbocycles. The highest BCUT2D eigenvalue weighted by molar-refractivity contribution is 7.27. The van der Waals surface area contributed by atoms with Crippen molar-refractivity contribution in [2.75, 3.05) is 0 Å². The van der Waals surface area contributed by atoms with Crippen LogP contribution in [0.5, 0.6) is 0 Å². The van der Waals surface area contributed by atoms with E-state index in [0.29, 0.717) is 11.6 Å². The van der Waals surface area contributed by atoms with Crippen LogP contribution in [0.4, 0.5) is 0 Å². The van der Waals surface area contributed by atoms with Gasteiger partial charge < -0.3 is 9.13 Å². The van der Waals surface area contributed by atoms with E-state index in [0.717, 1.165) is 78.7 Å². The average molecular weight is 1340 g/mol. The quantitative estimate of drug-likeness (QED) is 0.152. The molecular weight excluding hydrogens is 1280 g/mol. The lowest BCUT2D eigenvalue weighted by atomic mass is 10.1. The number of fused-ring (bicyclic) bond motifs is 19. The van der Waals surface area contributed by atoms with Gasteiger partial charge in [0.1, 0.15) is 11.6 Å². The second-order valence-corrected chi connectivity index (χ2v) is 28.2. The molecule has 8 heterocycles. The van der Waals surface area contributed by atoms with Gasteiger partial charge in [-0.05, 0) is 84.9 Å². The maximum atomic E-state index is 5.28. The number of thiophene rings is 2. The number of para-hydroxylation sites is 4. The van der Waals surface area contributed by atoms with Crippen LogP contribution < -0.4 is 0 Å². The van der Waals surface area contributed by atoms with Crippen LogP contribution in [0.2, 0.25) is 0 Å². The third-order valence-electron chi connectivity index (χ3n) is 20.2. The molecule has 0 unspecified atom stereocenters. The summed E-state index contributed by atoms with van der Waals surface area (Å²) in [5.41, 5.74) is 17.4. The summed E-state index contributed by atoms with van der Waals surface area (Å²) in [5, 5.41) is 14.9. The number of aromatic nitrogens is 8. The van der Waals surface area contributed by atoms with E-state index < -0.39 is 0 Å². The van der Waals surface area contributed by atoms with Gasteiger partial charge in [0, 0.05) is 124 Å². The average Bonchev–Trinajstić information content (AvgIpc) is 1.55. The molecule has 22 aromatic rings. The number of rotatable bonds is 8. The van der Waals surface area contributed by atoms with Crippen LogP contribution in [0.15, 0.2) is 340 Å². The monoisotopic (exact) mass is 1340 g/mol. The molecule has 8 nitrogen and oxygen atoms in total. The van der Waals surface area contributed by atoms with E-state index in [1.807, 2.05) is 71.2 Å². The fraction of sp³-hybridized carbons (Fsp3) is 0. The van der Waals surface area contributed by atoms with Crippen LogP contribution in [0, 0.1) is 0 Å². The first-order valence-electron chi connectivity index (χ1n) is 34.3. The summed E-state index contributed by atoms with van der Waals surface area (Å²) < 4.78 is 14.8. The minimum Gasteiger partial charge on any atom is -0.309 e. The molecule has 0 aliphatic heterocycles. The summed E-state index contributed by atoms with van der Waals surface area (Å²) in [6.07, 6.45) is 0. The smallest absolute Gasteiger partial charge is 0.162 e. The molecule has 0 N–H and O–H groups in total. The van der Waals surface area contributed by atoms with Crippen LogP contribution in [-0.4, -0.2) is 38.2 Å². The van der Waals surface area contributed by atoms with Gasteiger partial charge >= 0.3 is 0 Å². The normalized spacial score (nSPS) is 11.9. The molecule has 0 amide bonds. The molecule has 0 aliphatic rings. The first-order chi connectivity index (χ1) is 50.6. The lowest BCUT2D eigenvalue weighted by Crippen LogP contribution is -2.02. The first-order valence-corrected chi connectivity index (χ1v) is 36.0. The van der Waals surface area contributed by atoms with Gasteiger partial charge in [-0.1, -0.05) is 243 Å². The molecule has 0 atom stereocenters. The zero-order valence-electron chi connectivity index (χ0n) is 54.7. The highest BCUT2D eigenvalue weighted by Gasteiger charge is 2.25. The van der Waals surface area contributed by atoms with Gasteiger partial charge in [0.05, 0.1) is 60.2 Å². The van der Waals surface area contributed by atoms with Crippen LogP contribution in [0.3, 0.4) is 0 Å². The van der Waals surface area contributed by atoms with Crippen LogP contribution in [0.25, 0.3) is 196 Å². The Morgan fingerprint density at radius 1 is 0.206 bits per heavy atom. The summed E-state index contributed by atoms with van der Waals surface area (Å²) in [5.74, 6) is 3.08. The van der Waals surface area contributed by atoms with Gasteiger partial charge in [-0.2, -0.15) is 0 Å². The van der Waals surface area contributed by atoms with E-state index in [-0.39, 0.29) is 0 Å². The highest BCUT2D eigenvalue weighted by atomic mass is 32.1. The van der Waals surface area contributed by atoms with Crippen molar-refractivity contribution in [3.05, 3.63) is 340 Å². The third kappa shape index (κ3) is 9.20. The van der Waals surface area contributed by atoms with Gasteiger partial charge in [-0.3, -0.25) is 9.13 Å². The molecule has 0 radical (unpaired) electrons. The number of benzene rings is 14. The van der Waals surface area contributed by atoms with Crippen molar-refractivity contribution in [1.82, 2.24) is 38.2 Å². The van der Waals surface area contributed by atoms with E-state index in [9.17, 15) is 0 Å². The van der Waals surface area contributed by atoms with Gasteiger partial charge in [0.2, 0.25) is 0 Å². The molecule has 10 heteroatoms. The summed E-state index contributed by atoms with van der Waals surface area (Å²) in [7, 11) is 0. The summed E-state index contributed by atoms with van der Waals surface area (Å²) in [6.45, 7) is 0. The summed E-state index contributed by atoms with van der Waals surface area (Å²) >= 11 is 3.74. The lowest BCUT2D eigenvalue weighted by molar-refractivity contribution is 1.05. The molecule has 0 fully saturated rings. The molecule has 0 saturated carbocycles. The Labute approximate surface area is 592 Å². The molecule has 102 heavy (non-hydrogen) atoms. The lowest BCUT2D eigenvalue weighted by Gasteiger charge is -2.12. The van der Waals surface area contributed by atoms with E-state index in [1.165, 1.54) is 106 Å². The summed E-state index contributed by atoms with van der Waals surface area (Å²) in [6, 6.07) is 121. The van der Waals surface area contributed by atoms with Crippen molar-refractivity contribution in [3.8, 4) is 68.3 Å². The van der Waals surface area contributed by atoms with Crippen LogP contribution in [0.1, 0.15) is 0 Å². The third-order valence-corrected chi connectivity index (χ3v) is 22.6. The number of hydrogen-bond acceptors (Lipinski definition) is 6. The zero-order valence-corrected chi connectivity index (χ0v) is 56.4. The minimum absolute atomic E-state index is 0.700. The topological polar surface area (TPSA) is 71.3 Å². The minimum atomic E-state index is 0.700. The van der Waals surface area contributed by atoms with E-state index in [4.69, 9.17) is 19.9 Å². The maximum absolute atomic E-state index is 5.28. The largest absolute Gasteiger partial charge is 0.309 e. The van der Waals surface area contributed by atoms with Crippen molar-refractivity contribution in [1.29, 1.82) is 0 Å². The van der Waals surface area contributed by atoms with Crippen LogP contribution in [-0.2, 0) is 0 Å². The predicted octanol–water partition coefficient (Wildman–Crippen LogP) is 24.7. The van der Waals surface area contributed by atoms with E-state index in [2.05, 4.69) is 309 Å². The Balaban J connectivity index is 0.000000133. The van der Waals surface area contributed by atoms with Gasteiger partial charge in [0.15, 0.2) is 11.6 Å². The van der Waals surface area contributed by atoms with Gasteiger partial charge in [-0.15, -0.1) is 22.7 Å². The Morgan fingerprint density at radius 3 is 1.09 bits per heavy atom. The van der Waals surface area contributed by atoms with Crippen molar-refractivity contribution < 1.29 is 0 Å². The van der Waals surface area contributed by atoms with Crippen molar-refractivity contribution >= 4 is 150 Å². The number of hydrogen-bond donors (Lipinski definition) is 0. The molecule has 476 valence electrons. The maximum Gasteiger partial charge on any atom is 0.162 e. The van der Waals surface area contributed by atoms with Crippen LogP contribution >= 0.6 is 22.7 Å². The van der Waals surface area contributed by atoms with Gasteiger partial charge in [0.25, 0.3) is 0 Å². The molecule has 0 bridgehead atoms. The Bertz CT molecular complexity index is 6980. The molecule has 0 saturated heterocycles. The van der Waals surface area contributed by atoms with Crippen molar-refractivity contribution in [2.45, 2.75) is 0 Å². The second-order valence-electron chi connectivity index (χ2n) is 26.1. The molecule has 0 spiro atoms. The Hall–Kier alpha value is -13.1. The fourth-order valence-corrected chi connectivity index (χ4v) is 18.0. The van der Waals surface area contributed by atoms with E-state index >= 15 is 0 Å². The predicted molar refractivity (Wildman–Crippen MR) is 429 cm³/mol. The fourth-order valence-electron chi connectivity index (χ4n) is 15.7. The molecule has 14 aromatic carbocycles. The van der Waals surface area contributed by atoms with Crippen molar-refractivity contribution in [2.24, 2.45) is 0 Å². The van der Waals surface area contributed by atoms with Gasteiger partial charge in [-0.25, -0.2) is 19.9 Å². The SMILES string of the molecule is c1ccc(-c2cc(-n3c4ccccc4c4cc5c(cc43)c3cc4c(cc3n5-c3ccccc3)sc3ccccc34)nc(-c3ccccc3)n2)cc1.c1ccc(-c2cc(-n3c4ccccc4c4cc5c(cc43)c3ccc4c6ccccc6sc4c3n5-c3ccccc3)nc(-c3ccccc3)n2)cc1. The molecule has 8 aromatic heterocycles. The van der Waals surface area contributed by atoms with E-state index in [1.54, 1.807) is 0 Å². The first kappa shape index (κ1) is 57.9. The number of nitrogens with zero attached hydrogens (tertiary/aromatic N) is 8.